The topological polar surface area (TPSA) is 77.6 Å². The van der Waals surface area contributed by atoms with Gasteiger partial charge in [-0.25, -0.2) is 4.39 Å². The van der Waals surface area contributed by atoms with Crippen molar-refractivity contribution in [3.63, 3.8) is 0 Å². The fourth-order valence-electron chi connectivity index (χ4n) is 3.13. The van der Waals surface area contributed by atoms with Crippen LogP contribution in [0.3, 0.4) is 0 Å². The quantitative estimate of drug-likeness (QED) is 0.461. The lowest BCUT2D eigenvalue weighted by molar-refractivity contribution is -0.113. The van der Waals surface area contributed by atoms with Gasteiger partial charge in [-0.15, -0.1) is 10.2 Å². The molecule has 0 bridgehead atoms. The van der Waals surface area contributed by atoms with E-state index in [9.17, 15) is 9.18 Å². The molecule has 2 aromatic carbocycles. The minimum absolute atomic E-state index is 0.0815. The molecule has 0 unspecified atom stereocenters. The second kappa shape index (κ2) is 8.73. The van der Waals surface area contributed by atoms with Gasteiger partial charge in [0.2, 0.25) is 5.91 Å². The van der Waals surface area contributed by atoms with Crippen LogP contribution in [-0.4, -0.2) is 36.2 Å². The van der Waals surface area contributed by atoms with Gasteiger partial charge in [-0.2, -0.15) is 5.10 Å². The number of carbonyl (C=O) groups is 1. The van der Waals surface area contributed by atoms with Gasteiger partial charge in [0.1, 0.15) is 11.5 Å². The molecule has 9 heteroatoms. The summed E-state index contributed by atoms with van der Waals surface area (Å²) in [5.74, 6) is -0.0536. The van der Waals surface area contributed by atoms with Crippen molar-refractivity contribution in [2.75, 3.05) is 11.1 Å². The average Bonchev–Trinajstić information content (AvgIpc) is 3.31. The summed E-state index contributed by atoms with van der Waals surface area (Å²) in [6, 6.07) is 14.2. The Balaban J connectivity index is 1.52. The highest BCUT2D eigenvalue weighted by Gasteiger charge is 2.19. The Morgan fingerprint density at radius 3 is 2.58 bits per heavy atom. The van der Waals surface area contributed by atoms with Crippen molar-refractivity contribution in [2.24, 2.45) is 14.1 Å². The lowest BCUT2D eigenvalue weighted by atomic mass is 10.1. The molecule has 7 nitrogen and oxygen atoms in total. The van der Waals surface area contributed by atoms with Crippen LogP contribution in [-0.2, 0) is 18.9 Å². The highest BCUT2D eigenvalue weighted by atomic mass is 32.2. The predicted octanol–water partition coefficient (Wildman–Crippen LogP) is 4.06. The van der Waals surface area contributed by atoms with Crippen LogP contribution in [0.4, 0.5) is 10.1 Å². The summed E-state index contributed by atoms with van der Waals surface area (Å²) in [5, 5.41) is 16.3. The smallest absolute Gasteiger partial charge is 0.234 e. The van der Waals surface area contributed by atoms with Crippen molar-refractivity contribution in [1.29, 1.82) is 0 Å². The molecule has 4 aromatic rings. The fraction of sp³-hybridized carbons (Fsp3) is 0.182. The highest BCUT2D eigenvalue weighted by Crippen LogP contribution is 2.31. The third-order valence-electron chi connectivity index (χ3n) is 4.71. The van der Waals surface area contributed by atoms with Crippen LogP contribution in [0.5, 0.6) is 0 Å². The van der Waals surface area contributed by atoms with Gasteiger partial charge in [0.25, 0.3) is 0 Å². The van der Waals surface area contributed by atoms with Crippen LogP contribution in [0, 0.1) is 12.7 Å². The molecule has 158 valence electrons. The molecule has 2 heterocycles. The molecule has 0 atom stereocenters. The Hall–Kier alpha value is -3.46. The Labute approximate surface area is 183 Å². The van der Waals surface area contributed by atoms with Crippen LogP contribution >= 0.6 is 11.8 Å². The number of thioether (sulfide) groups is 1. The van der Waals surface area contributed by atoms with Gasteiger partial charge in [0, 0.05) is 25.9 Å². The molecule has 0 fully saturated rings. The number of nitrogens with zero attached hydrogens (tertiary/aromatic N) is 5. The maximum atomic E-state index is 13.7. The van der Waals surface area contributed by atoms with Crippen LogP contribution in [0.1, 0.15) is 5.56 Å². The Morgan fingerprint density at radius 1 is 1.10 bits per heavy atom. The van der Waals surface area contributed by atoms with E-state index in [1.54, 1.807) is 16.8 Å². The normalized spacial score (nSPS) is 11.0. The fourth-order valence-corrected chi connectivity index (χ4v) is 3.84. The molecular formula is C22H21FN6OS. The van der Waals surface area contributed by atoms with E-state index < -0.39 is 5.82 Å². The number of amides is 1. The first-order valence-corrected chi connectivity index (χ1v) is 10.6. The number of para-hydroxylation sites is 1. The van der Waals surface area contributed by atoms with Gasteiger partial charge >= 0.3 is 0 Å². The molecule has 0 radical (unpaired) electrons. The molecule has 1 amide bonds. The Kier molecular flexibility index (Phi) is 5.85. The zero-order valence-electron chi connectivity index (χ0n) is 17.3. The van der Waals surface area contributed by atoms with Gasteiger partial charge in [0.05, 0.1) is 17.0 Å². The summed E-state index contributed by atoms with van der Waals surface area (Å²) < 4.78 is 17.3. The molecular weight excluding hydrogens is 415 g/mol. The number of carbonyl (C=O) groups excluding carboxylic acids is 1. The maximum Gasteiger partial charge on any atom is 0.234 e. The Morgan fingerprint density at radius 2 is 1.84 bits per heavy atom. The van der Waals surface area contributed by atoms with E-state index in [0.717, 1.165) is 16.8 Å². The number of hydrogen-bond acceptors (Lipinski definition) is 5. The zero-order valence-corrected chi connectivity index (χ0v) is 18.2. The summed E-state index contributed by atoms with van der Waals surface area (Å²) in [6.07, 6.45) is 1.90. The van der Waals surface area contributed by atoms with Crippen molar-refractivity contribution in [3.8, 4) is 22.6 Å². The van der Waals surface area contributed by atoms with Crippen LogP contribution in [0.15, 0.2) is 59.9 Å². The molecule has 0 spiro atoms. The van der Waals surface area contributed by atoms with Gasteiger partial charge in [-0.1, -0.05) is 53.7 Å². The van der Waals surface area contributed by atoms with Crippen LogP contribution in [0.2, 0.25) is 0 Å². The molecule has 0 saturated heterocycles. The molecule has 1 N–H and O–H groups in total. The van der Waals surface area contributed by atoms with E-state index in [4.69, 9.17) is 0 Å². The van der Waals surface area contributed by atoms with E-state index in [2.05, 4.69) is 20.6 Å². The first-order valence-electron chi connectivity index (χ1n) is 9.60. The predicted molar refractivity (Wildman–Crippen MR) is 119 cm³/mol. The number of halogens is 1. The van der Waals surface area contributed by atoms with E-state index in [0.29, 0.717) is 11.0 Å². The second-order valence-corrected chi connectivity index (χ2v) is 8.06. The lowest BCUT2D eigenvalue weighted by Gasteiger charge is -2.06. The summed E-state index contributed by atoms with van der Waals surface area (Å²) in [5.41, 5.74) is 3.98. The monoisotopic (exact) mass is 436 g/mol. The number of nitrogens with one attached hydrogen (secondary N) is 1. The summed E-state index contributed by atoms with van der Waals surface area (Å²) in [4.78, 5) is 12.2. The van der Waals surface area contributed by atoms with Crippen molar-refractivity contribution < 1.29 is 9.18 Å². The van der Waals surface area contributed by atoms with Crippen molar-refractivity contribution in [3.05, 3.63) is 66.1 Å². The molecule has 0 aliphatic heterocycles. The largest absolute Gasteiger partial charge is 0.323 e. The number of hydrogen-bond donors (Lipinski definition) is 1. The van der Waals surface area contributed by atoms with Gasteiger partial charge in [-0.3, -0.25) is 9.48 Å². The Bertz CT molecular complexity index is 1230. The van der Waals surface area contributed by atoms with E-state index in [1.165, 1.54) is 29.5 Å². The summed E-state index contributed by atoms with van der Waals surface area (Å²) in [6.45, 7) is 2.04. The van der Waals surface area contributed by atoms with E-state index in [1.807, 2.05) is 56.0 Å². The lowest BCUT2D eigenvalue weighted by Crippen LogP contribution is -2.15. The van der Waals surface area contributed by atoms with Gasteiger partial charge in [-0.05, 0) is 19.1 Å². The molecule has 0 aliphatic rings. The van der Waals surface area contributed by atoms with Crippen LogP contribution in [0.25, 0.3) is 22.6 Å². The zero-order chi connectivity index (χ0) is 22.0. The number of aryl methyl sites for hydroxylation is 2. The average molecular weight is 437 g/mol. The molecule has 2 aromatic heterocycles. The maximum absolute atomic E-state index is 13.7. The van der Waals surface area contributed by atoms with Crippen molar-refractivity contribution >= 4 is 23.4 Å². The van der Waals surface area contributed by atoms with Crippen molar-refractivity contribution in [2.45, 2.75) is 12.1 Å². The number of anilines is 1. The molecule has 0 aliphatic carbocycles. The highest BCUT2D eigenvalue weighted by molar-refractivity contribution is 7.99. The molecule has 4 rings (SSSR count). The summed E-state index contributed by atoms with van der Waals surface area (Å²) >= 11 is 1.23. The standard InChI is InChI=1S/C22H21FN6OS/c1-14-8-10-15(11-9-14)20-16(12-28(2)27-20)21-25-26-22(29(21)3)31-13-19(30)24-18-7-5-4-6-17(18)23/h4-12H,13H2,1-3H3,(H,24,30). The third kappa shape index (κ3) is 4.51. The van der Waals surface area contributed by atoms with E-state index in [-0.39, 0.29) is 17.3 Å². The number of rotatable bonds is 6. The minimum Gasteiger partial charge on any atom is -0.323 e. The first-order chi connectivity index (χ1) is 14.9. The van der Waals surface area contributed by atoms with Gasteiger partial charge in [0.15, 0.2) is 11.0 Å². The molecule has 31 heavy (non-hydrogen) atoms. The van der Waals surface area contributed by atoms with Crippen LogP contribution < -0.4 is 5.32 Å². The van der Waals surface area contributed by atoms with Gasteiger partial charge < -0.3 is 9.88 Å². The second-order valence-electron chi connectivity index (χ2n) is 7.11. The SMILES string of the molecule is Cc1ccc(-c2nn(C)cc2-c2nnc(SCC(=O)Nc3ccccc3F)n2C)cc1. The number of aromatic nitrogens is 5. The first kappa shape index (κ1) is 20.8. The number of benzene rings is 2. The van der Waals surface area contributed by atoms with Crippen molar-refractivity contribution in [1.82, 2.24) is 24.5 Å². The molecule has 0 saturated carbocycles. The third-order valence-corrected chi connectivity index (χ3v) is 5.73. The minimum atomic E-state index is -0.470. The van der Waals surface area contributed by atoms with E-state index >= 15 is 0 Å². The summed E-state index contributed by atoms with van der Waals surface area (Å²) in [7, 11) is 3.71.